The summed E-state index contributed by atoms with van der Waals surface area (Å²) in [6.07, 6.45) is 1.55. The van der Waals surface area contributed by atoms with Gasteiger partial charge in [-0.3, -0.25) is 0 Å². The van der Waals surface area contributed by atoms with E-state index in [0.29, 0.717) is 6.54 Å². The van der Waals surface area contributed by atoms with Crippen molar-refractivity contribution in [3.05, 3.63) is 71.5 Å². The van der Waals surface area contributed by atoms with Crippen LogP contribution in [-0.2, 0) is 6.54 Å². The summed E-state index contributed by atoms with van der Waals surface area (Å²) in [7, 11) is 1.68. The quantitative estimate of drug-likeness (QED) is 0.697. The Balaban J connectivity index is 1.72. The molecule has 0 radical (unpaired) electrons. The lowest BCUT2D eigenvalue weighted by Crippen LogP contribution is -2.04. The van der Waals surface area contributed by atoms with Gasteiger partial charge in [0, 0.05) is 23.9 Å². The zero-order valence-electron chi connectivity index (χ0n) is 14.7. The third-order valence-electron chi connectivity index (χ3n) is 3.98. The highest BCUT2D eigenvalue weighted by Gasteiger charge is 2.05. The Morgan fingerprint density at radius 2 is 1.76 bits per heavy atom. The van der Waals surface area contributed by atoms with E-state index in [4.69, 9.17) is 4.74 Å². The summed E-state index contributed by atoms with van der Waals surface area (Å²) < 4.78 is 5.38. The predicted molar refractivity (Wildman–Crippen MR) is 102 cm³/mol. The topological polar surface area (TPSA) is 59.1 Å². The summed E-state index contributed by atoms with van der Waals surface area (Å²) in [5.74, 6) is 2.37. The lowest BCUT2D eigenvalue weighted by atomic mass is 10.1. The molecule has 1 heterocycles. The molecule has 5 nitrogen and oxygen atoms in total. The molecular weight excluding hydrogens is 312 g/mol. The molecule has 0 amide bonds. The van der Waals surface area contributed by atoms with Crippen molar-refractivity contribution in [1.29, 1.82) is 0 Å². The van der Waals surface area contributed by atoms with Crippen molar-refractivity contribution in [2.75, 3.05) is 17.7 Å². The first kappa shape index (κ1) is 16.8. The van der Waals surface area contributed by atoms with Gasteiger partial charge in [-0.25, -0.2) is 9.97 Å². The maximum absolute atomic E-state index is 5.38. The van der Waals surface area contributed by atoms with Crippen LogP contribution < -0.4 is 15.4 Å². The first-order valence-corrected chi connectivity index (χ1v) is 8.18. The van der Waals surface area contributed by atoms with Crippen molar-refractivity contribution in [2.24, 2.45) is 0 Å². The molecule has 128 valence electrons. The molecule has 25 heavy (non-hydrogen) atoms. The first-order valence-electron chi connectivity index (χ1n) is 8.18. The van der Waals surface area contributed by atoms with Gasteiger partial charge in [0.15, 0.2) is 0 Å². The smallest absolute Gasteiger partial charge is 0.135 e. The van der Waals surface area contributed by atoms with Crippen molar-refractivity contribution in [1.82, 2.24) is 9.97 Å². The number of nitrogens with zero attached hydrogens (tertiary/aromatic N) is 2. The van der Waals surface area contributed by atoms with E-state index in [1.54, 1.807) is 13.4 Å². The summed E-state index contributed by atoms with van der Waals surface area (Å²) in [6, 6.07) is 16.1. The van der Waals surface area contributed by atoms with E-state index in [1.165, 1.54) is 11.1 Å². The van der Waals surface area contributed by atoms with Gasteiger partial charge in [-0.15, -0.1) is 0 Å². The monoisotopic (exact) mass is 334 g/mol. The maximum Gasteiger partial charge on any atom is 0.135 e. The Labute approximate surface area is 148 Å². The largest absolute Gasteiger partial charge is 0.496 e. The molecule has 0 atom stereocenters. The number of benzene rings is 2. The fraction of sp³-hybridized carbons (Fsp3) is 0.200. The molecule has 0 saturated carbocycles. The summed E-state index contributed by atoms with van der Waals surface area (Å²) in [5, 5.41) is 6.68. The van der Waals surface area contributed by atoms with E-state index < -0.39 is 0 Å². The molecule has 0 spiro atoms. The average Bonchev–Trinajstić information content (AvgIpc) is 2.63. The minimum atomic E-state index is 0.629. The van der Waals surface area contributed by atoms with Crippen LogP contribution in [0.1, 0.15) is 16.7 Å². The number of rotatable bonds is 6. The highest BCUT2D eigenvalue weighted by molar-refractivity contribution is 5.63. The summed E-state index contributed by atoms with van der Waals surface area (Å²) in [6.45, 7) is 4.78. The van der Waals surface area contributed by atoms with E-state index in [-0.39, 0.29) is 0 Å². The number of anilines is 3. The van der Waals surface area contributed by atoms with Gasteiger partial charge in [-0.2, -0.15) is 0 Å². The predicted octanol–water partition coefficient (Wildman–Crippen LogP) is 4.46. The van der Waals surface area contributed by atoms with Crippen molar-refractivity contribution >= 4 is 17.3 Å². The first-order chi connectivity index (χ1) is 12.2. The SMILES string of the molecule is COc1ccccc1CNc1cc(Nc2cc(C)ccc2C)ncn1. The van der Waals surface area contributed by atoms with Gasteiger partial charge >= 0.3 is 0 Å². The fourth-order valence-electron chi connectivity index (χ4n) is 2.57. The number of para-hydroxylation sites is 1. The Morgan fingerprint density at radius 1 is 0.960 bits per heavy atom. The Morgan fingerprint density at radius 3 is 2.60 bits per heavy atom. The van der Waals surface area contributed by atoms with Crippen LogP contribution in [0.2, 0.25) is 0 Å². The van der Waals surface area contributed by atoms with Crippen LogP contribution in [0.4, 0.5) is 17.3 Å². The molecule has 5 heteroatoms. The molecular formula is C20H22N4O. The zero-order valence-corrected chi connectivity index (χ0v) is 14.7. The van der Waals surface area contributed by atoms with Gasteiger partial charge in [0.1, 0.15) is 23.7 Å². The highest BCUT2D eigenvalue weighted by atomic mass is 16.5. The van der Waals surface area contributed by atoms with Crippen molar-refractivity contribution < 1.29 is 4.74 Å². The summed E-state index contributed by atoms with van der Waals surface area (Å²) in [4.78, 5) is 8.60. The second kappa shape index (κ2) is 7.66. The van der Waals surface area contributed by atoms with Crippen molar-refractivity contribution in [3.8, 4) is 5.75 Å². The number of hydrogen-bond donors (Lipinski definition) is 2. The third kappa shape index (κ3) is 4.26. The minimum Gasteiger partial charge on any atom is -0.496 e. The second-order valence-corrected chi connectivity index (χ2v) is 5.90. The molecule has 1 aromatic heterocycles. The molecule has 0 aliphatic rings. The number of methoxy groups -OCH3 is 1. The van der Waals surface area contributed by atoms with Crippen LogP contribution >= 0.6 is 0 Å². The second-order valence-electron chi connectivity index (χ2n) is 5.90. The van der Waals surface area contributed by atoms with Gasteiger partial charge in [0.2, 0.25) is 0 Å². The zero-order chi connectivity index (χ0) is 17.6. The van der Waals surface area contributed by atoms with Crippen LogP contribution in [-0.4, -0.2) is 17.1 Å². The van der Waals surface area contributed by atoms with Crippen molar-refractivity contribution in [2.45, 2.75) is 20.4 Å². The molecule has 0 saturated heterocycles. The van der Waals surface area contributed by atoms with Gasteiger partial charge in [0.05, 0.1) is 7.11 Å². The van der Waals surface area contributed by atoms with Crippen LogP contribution in [0, 0.1) is 13.8 Å². The molecule has 2 aromatic carbocycles. The van der Waals surface area contributed by atoms with E-state index >= 15 is 0 Å². The van der Waals surface area contributed by atoms with Gasteiger partial charge in [0.25, 0.3) is 0 Å². The Hall–Kier alpha value is -3.08. The van der Waals surface area contributed by atoms with E-state index in [2.05, 4.69) is 52.6 Å². The maximum atomic E-state index is 5.38. The van der Waals surface area contributed by atoms with Gasteiger partial charge in [-0.1, -0.05) is 30.3 Å². The molecule has 0 bridgehead atoms. The van der Waals surface area contributed by atoms with Crippen molar-refractivity contribution in [3.63, 3.8) is 0 Å². The van der Waals surface area contributed by atoms with Crippen LogP contribution in [0.25, 0.3) is 0 Å². The lowest BCUT2D eigenvalue weighted by Gasteiger charge is -2.12. The minimum absolute atomic E-state index is 0.629. The Kier molecular flexibility index (Phi) is 5.14. The number of nitrogens with one attached hydrogen (secondary N) is 2. The molecule has 0 aliphatic carbocycles. The molecule has 3 aromatic rings. The van der Waals surface area contributed by atoms with E-state index in [0.717, 1.165) is 28.6 Å². The standard InChI is InChI=1S/C20H22N4O/c1-14-8-9-15(2)17(10-14)24-20-11-19(22-13-23-20)21-12-16-6-4-5-7-18(16)25-3/h4-11,13H,12H2,1-3H3,(H2,21,22,23,24). The number of aryl methyl sites for hydroxylation is 2. The van der Waals surface area contributed by atoms with Crippen LogP contribution in [0.5, 0.6) is 5.75 Å². The number of ether oxygens (including phenoxy) is 1. The van der Waals surface area contributed by atoms with E-state index in [1.807, 2.05) is 30.3 Å². The third-order valence-corrected chi connectivity index (χ3v) is 3.98. The highest BCUT2D eigenvalue weighted by Crippen LogP contribution is 2.22. The van der Waals surface area contributed by atoms with Gasteiger partial charge < -0.3 is 15.4 Å². The molecule has 3 rings (SSSR count). The average molecular weight is 334 g/mol. The van der Waals surface area contributed by atoms with E-state index in [9.17, 15) is 0 Å². The number of aromatic nitrogens is 2. The molecule has 0 aliphatic heterocycles. The normalized spacial score (nSPS) is 10.4. The number of hydrogen-bond acceptors (Lipinski definition) is 5. The molecule has 0 unspecified atom stereocenters. The Bertz CT molecular complexity index is 864. The van der Waals surface area contributed by atoms with Gasteiger partial charge in [-0.05, 0) is 37.1 Å². The molecule has 0 fully saturated rings. The summed E-state index contributed by atoms with van der Waals surface area (Å²) in [5.41, 5.74) is 4.51. The van der Waals surface area contributed by atoms with Crippen LogP contribution in [0.3, 0.4) is 0 Å². The van der Waals surface area contributed by atoms with Crippen LogP contribution in [0.15, 0.2) is 54.9 Å². The summed E-state index contributed by atoms with van der Waals surface area (Å²) >= 11 is 0. The molecule has 2 N–H and O–H groups in total. The lowest BCUT2D eigenvalue weighted by molar-refractivity contribution is 0.410. The fourth-order valence-corrected chi connectivity index (χ4v) is 2.57.